The molecule has 5 heteroatoms. The van der Waals surface area contributed by atoms with Crippen molar-refractivity contribution in [1.82, 2.24) is 4.90 Å². The second kappa shape index (κ2) is 8.54. The molecule has 0 aliphatic carbocycles. The average molecular weight is 353 g/mol. The summed E-state index contributed by atoms with van der Waals surface area (Å²) < 4.78 is 10.7. The van der Waals surface area contributed by atoms with E-state index in [0.29, 0.717) is 19.8 Å². The number of hydrogen-bond donors (Lipinski definition) is 1. The second-order valence-corrected chi connectivity index (χ2v) is 6.38. The van der Waals surface area contributed by atoms with Gasteiger partial charge in [0.05, 0.1) is 0 Å². The number of ether oxygens (including phenoxy) is 2. The molecule has 0 bridgehead atoms. The zero-order valence-electron chi connectivity index (χ0n) is 14.9. The molecule has 0 saturated carbocycles. The monoisotopic (exact) mass is 353 g/mol. The molecule has 1 N–H and O–H groups in total. The van der Waals surface area contributed by atoms with Crippen molar-refractivity contribution in [2.24, 2.45) is 0 Å². The van der Waals surface area contributed by atoms with Gasteiger partial charge in [0.25, 0.3) is 0 Å². The van der Waals surface area contributed by atoms with Crippen LogP contribution in [-0.2, 0) is 11.2 Å². The van der Waals surface area contributed by atoms with Crippen molar-refractivity contribution < 1.29 is 19.4 Å². The van der Waals surface area contributed by atoms with Crippen LogP contribution in [0.25, 0.3) is 6.08 Å². The molecule has 0 amide bonds. The lowest BCUT2D eigenvalue weighted by atomic mass is 10.1. The standard InChI is InChI=1S/C21H23NO4/c1-22(12-10-17-5-9-20-21(14-17)26-15-25-20)13-11-19(24)8-4-16-2-6-18(23)7-3-16/h2-9,14,23H,10-13,15H2,1H3. The third-order valence-corrected chi connectivity index (χ3v) is 4.31. The maximum atomic E-state index is 12.0. The number of likely N-dealkylation sites (N-methyl/N-ethyl adjacent to an activating group) is 1. The lowest BCUT2D eigenvalue weighted by molar-refractivity contribution is -0.114. The van der Waals surface area contributed by atoms with Gasteiger partial charge in [0.2, 0.25) is 6.79 Å². The molecule has 1 aliphatic heterocycles. The van der Waals surface area contributed by atoms with E-state index in [1.165, 1.54) is 5.56 Å². The Morgan fingerprint density at radius 2 is 1.88 bits per heavy atom. The molecule has 2 aromatic rings. The van der Waals surface area contributed by atoms with Crippen LogP contribution in [0.4, 0.5) is 0 Å². The van der Waals surface area contributed by atoms with Gasteiger partial charge in [0.15, 0.2) is 17.3 Å². The molecule has 0 atom stereocenters. The molecule has 136 valence electrons. The minimum absolute atomic E-state index is 0.0907. The van der Waals surface area contributed by atoms with E-state index in [1.54, 1.807) is 36.4 Å². The predicted molar refractivity (Wildman–Crippen MR) is 101 cm³/mol. The highest BCUT2D eigenvalue weighted by atomic mass is 16.7. The molecular formula is C21H23NO4. The number of carbonyl (C=O) groups excluding carboxylic acids is 1. The summed E-state index contributed by atoms with van der Waals surface area (Å²) in [7, 11) is 2.02. The first-order valence-electron chi connectivity index (χ1n) is 8.67. The fourth-order valence-corrected chi connectivity index (χ4v) is 2.69. The first-order chi connectivity index (χ1) is 12.6. The van der Waals surface area contributed by atoms with Crippen molar-refractivity contribution in [1.29, 1.82) is 0 Å². The smallest absolute Gasteiger partial charge is 0.231 e. The molecule has 26 heavy (non-hydrogen) atoms. The van der Waals surface area contributed by atoms with E-state index >= 15 is 0 Å². The number of phenolic OH excluding ortho intramolecular Hbond substituents is 1. The van der Waals surface area contributed by atoms with Gasteiger partial charge in [-0.15, -0.1) is 0 Å². The van der Waals surface area contributed by atoms with E-state index < -0.39 is 0 Å². The Bertz CT molecular complexity index is 783. The van der Waals surface area contributed by atoms with Gasteiger partial charge in [-0.05, 0) is 54.9 Å². The van der Waals surface area contributed by atoms with E-state index in [0.717, 1.165) is 30.0 Å². The Morgan fingerprint density at radius 3 is 2.69 bits per heavy atom. The highest BCUT2D eigenvalue weighted by molar-refractivity contribution is 5.93. The quantitative estimate of drug-likeness (QED) is 0.738. The summed E-state index contributed by atoms with van der Waals surface area (Å²) in [5.74, 6) is 1.92. The van der Waals surface area contributed by atoms with Crippen LogP contribution in [0, 0.1) is 0 Å². The molecule has 1 aliphatic rings. The molecule has 0 saturated heterocycles. The lowest BCUT2D eigenvalue weighted by Gasteiger charge is -2.15. The van der Waals surface area contributed by atoms with Crippen molar-refractivity contribution in [3.8, 4) is 17.2 Å². The van der Waals surface area contributed by atoms with Crippen LogP contribution in [0.1, 0.15) is 17.5 Å². The minimum Gasteiger partial charge on any atom is -0.508 e. The summed E-state index contributed by atoms with van der Waals surface area (Å²) in [4.78, 5) is 14.1. The van der Waals surface area contributed by atoms with Crippen LogP contribution in [-0.4, -0.2) is 42.7 Å². The van der Waals surface area contributed by atoms with Gasteiger partial charge in [-0.3, -0.25) is 4.79 Å². The SMILES string of the molecule is CN(CCC(=O)C=Cc1ccc(O)cc1)CCc1ccc2c(c1)OCO2. The summed E-state index contributed by atoms with van der Waals surface area (Å²) in [6.07, 6.45) is 4.74. The van der Waals surface area contributed by atoms with Gasteiger partial charge in [-0.1, -0.05) is 24.3 Å². The first-order valence-corrected chi connectivity index (χ1v) is 8.67. The van der Waals surface area contributed by atoms with Crippen molar-refractivity contribution in [2.45, 2.75) is 12.8 Å². The van der Waals surface area contributed by atoms with Gasteiger partial charge in [-0.2, -0.15) is 0 Å². The van der Waals surface area contributed by atoms with Gasteiger partial charge < -0.3 is 19.5 Å². The third kappa shape index (κ3) is 5.10. The van der Waals surface area contributed by atoms with Crippen LogP contribution in [0.2, 0.25) is 0 Å². The fraction of sp³-hybridized carbons (Fsp3) is 0.286. The number of phenols is 1. The highest BCUT2D eigenvalue weighted by Crippen LogP contribution is 2.32. The molecule has 0 fully saturated rings. The molecule has 3 rings (SSSR count). The van der Waals surface area contributed by atoms with E-state index in [-0.39, 0.29) is 11.5 Å². The molecule has 0 aromatic heterocycles. The van der Waals surface area contributed by atoms with Gasteiger partial charge >= 0.3 is 0 Å². The number of allylic oxidation sites excluding steroid dienone is 1. The number of nitrogens with zero attached hydrogens (tertiary/aromatic N) is 1. The molecule has 0 unspecified atom stereocenters. The van der Waals surface area contributed by atoms with Crippen molar-refractivity contribution in [3.63, 3.8) is 0 Å². The highest BCUT2D eigenvalue weighted by Gasteiger charge is 2.13. The number of ketones is 1. The number of rotatable bonds is 8. The lowest BCUT2D eigenvalue weighted by Crippen LogP contribution is -2.24. The Kier molecular flexibility index (Phi) is 5.92. The van der Waals surface area contributed by atoms with Crippen LogP contribution in [0.5, 0.6) is 17.2 Å². The van der Waals surface area contributed by atoms with Crippen molar-refractivity contribution in [3.05, 3.63) is 59.7 Å². The van der Waals surface area contributed by atoms with Crippen LogP contribution < -0.4 is 9.47 Å². The number of aromatic hydroxyl groups is 1. The number of carbonyl (C=O) groups is 1. The Hall–Kier alpha value is -2.79. The fourth-order valence-electron chi connectivity index (χ4n) is 2.69. The van der Waals surface area contributed by atoms with Gasteiger partial charge in [0, 0.05) is 19.5 Å². The summed E-state index contributed by atoms with van der Waals surface area (Å²) in [5.41, 5.74) is 2.09. The molecule has 0 spiro atoms. The summed E-state index contributed by atoms with van der Waals surface area (Å²) >= 11 is 0. The number of fused-ring (bicyclic) bond motifs is 1. The second-order valence-electron chi connectivity index (χ2n) is 6.38. The zero-order valence-corrected chi connectivity index (χ0v) is 14.9. The van der Waals surface area contributed by atoms with E-state index in [9.17, 15) is 9.90 Å². The van der Waals surface area contributed by atoms with Gasteiger partial charge in [0.1, 0.15) is 5.75 Å². The largest absolute Gasteiger partial charge is 0.508 e. The normalized spacial score (nSPS) is 12.8. The van der Waals surface area contributed by atoms with E-state index in [4.69, 9.17) is 9.47 Å². The first kappa shape index (κ1) is 18.0. The molecular weight excluding hydrogens is 330 g/mol. The third-order valence-electron chi connectivity index (χ3n) is 4.31. The molecule has 1 heterocycles. The molecule has 0 radical (unpaired) electrons. The topological polar surface area (TPSA) is 59.0 Å². The van der Waals surface area contributed by atoms with Crippen LogP contribution in [0.15, 0.2) is 48.5 Å². The Balaban J connectivity index is 1.40. The number of hydrogen-bond acceptors (Lipinski definition) is 5. The minimum atomic E-state index is 0.0907. The molecule has 5 nitrogen and oxygen atoms in total. The van der Waals surface area contributed by atoms with Gasteiger partial charge in [-0.25, -0.2) is 0 Å². The maximum absolute atomic E-state index is 12.0. The Morgan fingerprint density at radius 1 is 1.12 bits per heavy atom. The van der Waals surface area contributed by atoms with E-state index in [2.05, 4.69) is 4.90 Å². The predicted octanol–water partition coefficient (Wildman–Crippen LogP) is 3.27. The summed E-state index contributed by atoms with van der Waals surface area (Å²) in [5, 5.41) is 9.25. The van der Waals surface area contributed by atoms with Crippen molar-refractivity contribution in [2.75, 3.05) is 26.9 Å². The summed E-state index contributed by atoms with van der Waals surface area (Å²) in [6, 6.07) is 12.8. The summed E-state index contributed by atoms with van der Waals surface area (Å²) in [6.45, 7) is 1.87. The van der Waals surface area contributed by atoms with Crippen molar-refractivity contribution >= 4 is 11.9 Å². The maximum Gasteiger partial charge on any atom is 0.231 e. The molecule has 2 aromatic carbocycles. The zero-order chi connectivity index (χ0) is 18.4. The van der Waals surface area contributed by atoms with Crippen LogP contribution >= 0.6 is 0 Å². The van der Waals surface area contributed by atoms with E-state index in [1.807, 2.05) is 25.2 Å². The average Bonchev–Trinajstić information content (AvgIpc) is 3.12. The van der Waals surface area contributed by atoms with Crippen LogP contribution in [0.3, 0.4) is 0 Å². The Labute approximate surface area is 153 Å². The number of benzene rings is 2.